The highest BCUT2D eigenvalue weighted by Crippen LogP contribution is 2.24. The van der Waals surface area contributed by atoms with E-state index in [1.165, 1.54) is 5.56 Å². The summed E-state index contributed by atoms with van der Waals surface area (Å²) in [4.78, 5) is 21.5. The number of carboxylic acids is 1. The lowest BCUT2D eigenvalue weighted by Gasteiger charge is -2.19. The van der Waals surface area contributed by atoms with Gasteiger partial charge in [0.25, 0.3) is 5.91 Å². The number of amides is 1. The van der Waals surface area contributed by atoms with Crippen molar-refractivity contribution in [3.63, 3.8) is 0 Å². The Kier molecular flexibility index (Phi) is 4.92. The third kappa shape index (κ3) is 5.42. The Labute approximate surface area is 112 Å². The van der Waals surface area contributed by atoms with Crippen LogP contribution < -0.4 is 10.1 Å². The highest BCUT2D eigenvalue weighted by molar-refractivity contribution is 5.82. The van der Waals surface area contributed by atoms with Crippen LogP contribution in [0.5, 0.6) is 5.75 Å². The molecule has 0 fully saturated rings. The molecule has 5 nitrogen and oxygen atoms in total. The molecule has 0 aromatic heterocycles. The Morgan fingerprint density at radius 2 is 1.79 bits per heavy atom. The predicted octanol–water partition coefficient (Wildman–Crippen LogP) is 1.56. The minimum absolute atomic E-state index is 0.0669. The van der Waals surface area contributed by atoms with Crippen molar-refractivity contribution in [2.45, 2.75) is 26.2 Å². The number of hydrogen-bond acceptors (Lipinski definition) is 3. The van der Waals surface area contributed by atoms with Gasteiger partial charge in [0.05, 0.1) is 0 Å². The normalized spacial score (nSPS) is 10.9. The van der Waals surface area contributed by atoms with E-state index >= 15 is 0 Å². The zero-order valence-electron chi connectivity index (χ0n) is 11.4. The standard InChI is InChI=1S/C14H19NO4/c1-14(2,3)10-4-6-11(7-5-10)19-9-12(16)15-8-13(17)18/h4-7H,8-9H2,1-3H3,(H,15,16)(H,17,18). The Hall–Kier alpha value is -2.04. The van der Waals surface area contributed by atoms with Crippen LogP contribution >= 0.6 is 0 Å². The van der Waals surface area contributed by atoms with Gasteiger partial charge in [0, 0.05) is 0 Å². The average molecular weight is 265 g/mol. The largest absolute Gasteiger partial charge is 0.484 e. The third-order valence-electron chi connectivity index (χ3n) is 2.53. The lowest BCUT2D eigenvalue weighted by Crippen LogP contribution is -2.33. The first-order chi connectivity index (χ1) is 8.79. The number of carbonyl (C=O) groups excluding carboxylic acids is 1. The van der Waals surface area contributed by atoms with Gasteiger partial charge in [-0.2, -0.15) is 0 Å². The summed E-state index contributed by atoms with van der Waals surface area (Å²) in [5, 5.41) is 10.6. The first-order valence-electron chi connectivity index (χ1n) is 6.01. The first-order valence-corrected chi connectivity index (χ1v) is 6.01. The highest BCUT2D eigenvalue weighted by Gasteiger charge is 2.13. The number of carbonyl (C=O) groups is 2. The summed E-state index contributed by atoms with van der Waals surface area (Å²) in [7, 11) is 0. The maximum absolute atomic E-state index is 11.2. The average Bonchev–Trinajstić information content (AvgIpc) is 2.33. The number of hydrogen-bond donors (Lipinski definition) is 2. The van der Waals surface area contributed by atoms with E-state index in [4.69, 9.17) is 9.84 Å². The molecule has 0 aliphatic rings. The summed E-state index contributed by atoms with van der Waals surface area (Å²) in [6.45, 7) is 5.75. The monoisotopic (exact) mass is 265 g/mol. The van der Waals surface area contributed by atoms with E-state index in [9.17, 15) is 9.59 Å². The lowest BCUT2D eigenvalue weighted by atomic mass is 9.87. The number of ether oxygens (including phenoxy) is 1. The second-order valence-electron chi connectivity index (χ2n) is 5.23. The molecule has 104 valence electrons. The number of carboxylic acid groups (broad SMARTS) is 1. The van der Waals surface area contributed by atoms with Gasteiger partial charge in [0.15, 0.2) is 6.61 Å². The first kappa shape index (κ1) is 15.0. The number of nitrogens with one attached hydrogen (secondary N) is 1. The SMILES string of the molecule is CC(C)(C)c1ccc(OCC(=O)NCC(=O)O)cc1. The zero-order valence-corrected chi connectivity index (χ0v) is 11.4. The fourth-order valence-electron chi connectivity index (χ4n) is 1.43. The van der Waals surface area contributed by atoms with E-state index in [1.54, 1.807) is 12.1 Å². The number of rotatable bonds is 5. The van der Waals surface area contributed by atoms with Crippen LogP contribution in [0.15, 0.2) is 24.3 Å². The van der Waals surface area contributed by atoms with E-state index in [0.717, 1.165) is 0 Å². The molecule has 0 heterocycles. The van der Waals surface area contributed by atoms with Crippen molar-refractivity contribution in [3.8, 4) is 5.75 Å². The Balaban J connectivity index is 2.46. The summed E-state index contributed by atoms with van der Waals surface area (Å²) in [6.07, 6.45) is 0. The van der Waals surface area contributed by atoms with Gasteiger partial charge >= 0.3 is 5.97 Å². The maximum atomic E-state index is 11.2. The molecular formula is C14H19NO4. The minimum Gasteiger partial charge on any atom is -0.484 e. The maximum Gasteiger partial charge on any atom is 0.322 e. The van der Waals surface area contributed by atoms with Crippen molar-refractivity contribution in [2.24, 2.45) is 0 Å². The summed E-state index contributed by atoms with van der Waals surface area (Å²) in [6, 6.07) is 7.49. The summed E-state index contributed by atoms with van der Waals surface area (Å²) in [5.74, 6) is -0.955. The van der Waals surface area contributed by atoms with Crippen LogP contribution in [0.1, 0.15) is 26.3 Å². The zero-order chi connectivity index (χ0) is 14.5. The summed E-state index contributed by atoms with van der Waals surface area (Å²) < 4.78 is 5.26. The topological polar surface area (TPSA) is 75.6 Å². The van der Waals surface area contributed by atoms with Gasteiger partial charge in [-0.05, 0) is 23.1 Å². The van der Waals surface area contributed by atoms with Gasteiger partial charge < -0.3 is 15.2 Å². The van der Waals surface area contributed by atoms with Crippen LogP contribution in [-0.4, -0.2) is 30.1 Å². The number of benzene rings is 1. The molecule has 0 atom stereocenters. The van der Waals surface area contributed by atoms with E-state index in [-0.39, 0.29) is 12.0 Å². The van der Waals surface area contributed by atoms with Gasteiger partial charge in [-0.15, -0.1) is 0 Å². The van der Waals surface area contributed by atoms with Crippen LogP contribution in [0.2, 0.25) is 0 Å². The summed E-state index contributed by atoms with van der Waals surface area (Å²) in [5.41, 5.74) is 1.24. The van der Waals surface area contributed by atoms with Crippen molar-refractivity contribution < 1.29 is 19.4 Å². The summed E-state index contributed by atoms with van der Waals surface area (Å²) >= 11 is 0. The Morgan fingerprint density at radius 1 is 1.21 bits per heavy atom. The van der Waals surface area contributed by atoms with Gasteiger partial charge in [0.1, 0.15) is 12.3 Å². The molecule has 0 radical (unpaired) electrons. The Bertz CT molecular complexity index is 446. The van der Waals surface area contributed by atoms with Crippen LogP contribution in [0.3, 0.4) is 0 Å². The minimum atomic E-state index is -1.08. The van der Waals surface area contributed by atoms with Crippen LogP contribution in [0, 0.1) is 0 Å². The van der Waals surface area contributed by atoms with Crippen LogP contribution in [-0.2, 0) is 15.0 Å². The van der Waals surface area contributed by atoms with Crippen molar-refractivity contribution >= 4 is 11.9 Å². The molecule has 0 saturated heterocycles. The Morgan fingerprint density at radius 3 is 2.26 bits per heavy atom. The smallest absolute Gasteiger partial charge is 0.322 e. The molecule has 19 heavy (non-hydrogen) atoms. The molecule has 1 aromatic carbocycles. The van der Waals surface area contributed by atoms with Gasteiger partial charge in [-0.3, -0.25) is 9.59 Å². The molecule has 0 aliphatic heterocycles. The van der Waals surface area contributed by atoms with Crippen molar-refractivity contribution in [2.75, 3.05) is 13.2 Å². The lowest BCUT2D eigenvalue weighted by molar-refractivity contribution is -0.138. The highest BCUT2D eigenvalue weighted by atomic mass is 16.5. The third-order valence-corrected chi connectivity index (χ3v) is 2.53. The molecule has 0 bridgehead atoms. The fourth-order valence-corrected chi connectivity index (χ4v) is 1.43. The molecular weight excluding hydrogens is 246 g/mol. The quantitative estimate of drug-likeness (QED) is 0.847. The van der Waals surface area contributed by atoms with E-state index in [0.29, 0.717) is 5.75 Å². The van der Waals surface area contributed by atoms with Crippen molar-refractivity contribution in [1.29, 1.82) is 0 Å². The molecule has 0 saturated carbocycles. The van der Waals surface area contributed by atoms with Crippen molar-refractivity contribution in [3.05, 3.63) is 29.8 Å². The number of aliphatic carboxylic acids is 1. The van der Waals surface area contributed by atoms with E-state index in [1.807, 2.05) is 12.1 Å². The van der Waals surface area contributed by atoms with Crippen LogP contribution in [0.25, 0.3) is 0 Å². The fraction of sp³-hybridized carbons (Fsp3) is 0.429. The molecule has 0 unspecified atom stereocenters. The van der Waals surface area contributed by atoms with E-state index in [2.05, 4.69) is 26.1 Å². The van der Waals surface area contributed by atoms with E-state index < -0.39 is 18.4 Å². The second kappa shape index (κ2) is 6.22. The van der Waals surface area contributed by atoms with Crippen molar-refractivity contribution in [1.82, 2.24) is 5.32 Å². The predicted molar refractivity (Wildman–Crippen MR) is 71.3 cm³/mol. The second-order valence-corrected chi connectivity index (χ2v) is 5.23. The van der Waals surface area contributed by atoms with Gasteiger partial charge in [-0.1, -0.05) is 32.9 Å². The molecule has 0 aliphatic carbocycles. The molecule has 5 heteroatoms. The molecule has 1 aromatic rings. The molecule has 1 amide bonds. The van der Waals surface area contributed by atoms with Gasteiger partial charge in [0.2, 0.25) is 0 Å². The molecule has 2 N–H and O–H groups in total. The van der Waals surface area contributed by atoms with Gasteiger partial charge in [-0.25, -0.2) is 0 Å². The molecule has 0 spiro atoms. The molecule has 1 rings (SSSR count). The van der Waals surface area contributed by atoms with Crippen LogP contribution in [0.4, 0.5) is 0 Å².